The fourth-order valence-electron chi connectivity index (χ4n) is 4.17. The van der Waals surface area contributed by atoms with Gasteiger partial charge in [-0.05, 0) is 43.2 Å². The van der Waals surface area contributed by atoms with Gasteiger partial charge < -0.3 is 15.1 Å². The number of urea groups is 1. The number of hydrogen-bond acceptors (Lipinski definition) is 2. The number of benzene rings is 2. The van der Waals surface area contributed by atoms with Crippen LogP contribution in [0.25, 0.3) is 0 Å². The van der Waals surface area contributed by atoms with Crippen molar-refractivity contribution in [1.82, 2.24) is 10.2 Å². The van der Waals surface area contributed by atoms with Crippen LogP contribution in [0.3, 0.4) is 0 Å². The molecule has 2 heterocycles. The van der Waals surface area contributed by atoms with Crippen LogP contribution in [0, 0.1) is 18.2 Å². The molecule has 2 aliphatic heterocycles. The Morgan fingerprint density at radius 3 is 2.71 bits per heavy atom. The van der Waals surface area contributed by atoms with Crippen LogP contribution < -0.4 is 10.2 Å². The Bertz CT molecular complexity index is 899. The molecule has 5 nitrogen and oxygen atoms in total. The first-order valence-electron chi connectivity index (χ1n) is 9.58. The highest BCUT2D eigenvalue weighted by Crippen LogP contribution is 2.41. The minimum absolute atomic E-state index is 0.117. The molecule has 0 saturated carbocycles. The summed E-state index contributed by atoms with van der Waals surface area (Å²) in [7, 11) is 0. The van der Waals surface area contributed by atoms with Crippen molar-refractivity contribution >= 4 is 17.6 Å². The monoisotopic (exact) mass is 381 g/mol. The maximum absolute atomic E-state index is 13.3. The van der Waals surface area contributed by atoms with Crippen LogP contribution in [-0.4, -0.2) is 36.5 Å². The molecule has 0 aliphatic carbocycles. The van der Waals surface area contributed by atoms with Gasteiger partial charge in [-0.2, -0.15) is 0 Å². The molecule has 2 aromatic carbocycles. The van der Waals surface area contributed by atoms with E-state index in [9.17, 15) is 14.0 Å². The lowest BCUT2D eigenvalue weighted by atomic mass is 9.86. The van der Waals surface area contributed by atoms with Crippen LogP contribution in [-0.2, 0) is 11.3 Å². The lowest BCUT2D eigenvalue weighted by molar-refractivity contribution is -0.117. The predicted octanol–water partition coefficient (Wildman–Crippen LogP) is 3.47. The summed E-state index contributed by atoms with van der Waals surface area (Å²) in [6, 6.07) is 14.0. The molecular weight excluding hydrogens is 357 g/mol. The van der Waals surface area contributed by atoms with E-state index in [1.165, 1.54) is 12.1 Å². The minimum atomic E-state index is -0.312. The van der Waals surface area contributed by atoms with Gasteiger partial charge in [-0.15, -0.1) is 0 Å². The first kappa shape index (κ1) is 18.5. The quantitative estimate of drug-likeness (QED) is 0.885. The highest BCUT2D eigenvalue weighted by molar-refractivity contribution is 5.96. The molecule has 4 rings (SSSR count). The van der Waals surface area contributed by atoms with Gasteiger partial charge in [-0.25, -0.2) is 9.18 Å². The van der Waals surface area contributed by atoms with E-state index in [1.807, 2.05) is 36.1 Å². The second-order valence-electron chi connectivity index (χ2n) is 7.95. The summed E-state index contributed by atoms with van der Waals surface area (Å²) in [5.41, 5.74) is 2.62. The van der Waals surface area contributed by atoms with Crippen molar-refractivity contribution in [3.05, 3.63) is 65.5 Å². The lowest BCUT2D eigenvalue weighted by Crippen LogP contribution is -2.40. The number of rotatable bonds is 3. The summed E-state index contributed by atoms with van der Waals surface area (Å²) in [5.74, 6) is -0.196. The maximum atomic E-state index is 13.3. The summed E-state index contributed by atoms with van der Waals surface area (Å²) >= 11 is 0. The molecule has 3 amide bonds. The van der Waals surface area contributed by atoms with Gasteiger partial charge in [0.1, 0.15) is 5.82 Å². The fraction of sp³-hybridized carbons (Fsp3) is 0.364. The van der Waals surface area contributed by atoms with Crippen LogP contribution in [0.5, 0.6) is 0 Å². The van der Waals surface area contributed by atoms with Crippen molar-refractivity contribution in [1.29, 1.82) is 0 Å². The Morgan fingerprint density at radius 2 is 1.96 bits per heavy atom. The van der Waals surface area contributed by atoms with Crippen molar-refractivity contribution in [2.24, 2.45) is 5.41 Å². The number of carbonyl (C=O) groups excluding carboxylic acids is 2. The van der Waals surface area contributed by atoms with Gasteiger partial charge >= 0.3 is 6.03 Å². The number of nitrogens with zero attached hydrogens (tertiary/aromatic N) is 2. The molecule has 1 N–H and O–H groups in total. The number of likely N-dealkylation sites (tertiary alicyclic amines) is 1. The first-order chi connectivity index (χ1) is 13.4. The van der Waals surface area contributed by atoms with E-state index in [0.717, 1.165) is 23.2 Å². The standard InChI is InChI=1S/C22H24FN3O2/c1-16-5-7-19(8-6-16)26-15-22(12-20(26)27)9-10-25(14-22)21(28)24-13-17-3-2-4-18(23)11-17/h2-8,11H,9-10,12-15H2,1H3,(H,24,28)/t22-/m0/s1. The van der Waals surface area contributed by atoms with Crippen LogP contribution in [0.2, 0.25) is 0 Å². The Morgan fingerprint density at radius 1 is 1.18 bits per heavy atom. The second kappa shape index (κ2) is 7.26. The number of amides is 3. The number of nitrogens with one attached hydrogen (secondary N) is 1. The van der Waals surface area contributed by atoms with Gasteiger partial charge in [0.15, 0.2) is 0 Å². The molecule has 0 bridgehead atoms. The van der Waals surface area contributed by atoms with Gasteiger partial charge in [0.2, 0.25) is 5.91 Å². The topological polar surface area (TPSA) is 52.6 Å². The van der Waals surface area contributed by atoms with Crippen molar-refractivity contribution < 1.29 is 14.0 Å². The molecule has 0 aromatic heterocycles. The molecule has 0 radical (unpaired) electrons. The molecule has 2 saturated heterocycles. The highest BCUT2D eigenvalue weighted by Gasteiger charge is 2.48. The zero-order valence-corrected chi connectivity index (χ0v) is 16.0. The number of carbonyl (C=O) groups is 2. The van der Waals surface area contributed by atoms with Crippen LogP contribution in [0.15, 0.2) is 48.5 Å². The number of anilines is 1. The van der Waals surface area contributed by atoms with E-state index >= 15 is 0 Å². The second-order valence-corrected chi connectivity index (χ2v) is 7.95. The first-order valence-corrected chi connectivity index (χ1v) is 9.58. The lowest BCUT2D eigenvalue weighted by Gasteiger charge is -2.24. The Balaban J connectivity index is 1.37. The van der Waals surface area contributed by atoms with E-state index in [2.05, 4.69) is 5.32 Å². The Hall–Kier alpha value is -2.89. The maximum Gasteiger partial charge on any atom is 0.317 e. The van der Waals surface area contributed by atoms with Crippen LogP contribution in [0.1, 0.15) is 24.0 Å². The van der Waals surface area contributed by atoms with Gasteiger partial charge in [0, 0.05) is 43.7 Å². The number of hydrogen-bond donors (Lipinski definition) is 1. The van der Waals surface area contributed by atoms with Crippen LogP contribution in [0.4, 0.5) is 14.9 Å². The summed E-state index contributed by atoms with van der Waals surface area (Å²) in [6.45, 7) is 4.14. The van der Waals surface area contributed by atoms with Gasteiger partial charge in [-0.1, -0.05) is 29.8 Å². The zero-order chi connectivity index (χ0) is 19.7. The van der Waals surface area contributed by atoms with E-state index in [-0.39, 0.29) is 29.7 Å². The molecule has 146 valence electrons. The molecule has 2 aromatic rings. The smallest absolute Gasteiger partial charge is 0.317 e. The molecule has 1 atom stereocenters. The third kappa shape index (κ3) is 3.72. The molecule has 28 heavy (non-hydrogen) atoms. The average Bonchev–Trinajstić information content (AvgIpc) is 3.23. The summed E-state index contributed by atoms with van der Waals surface area (Å²) in [4.78, 5) is 28.8. The molecular formula is C22H24FN3O2. The summed E-state index contributed by atoms with van der Waals surface area (Å²) in [6.07, 6.45) is 1.28. The SMILES string of the molecule is Cc1ccc(N2C[C@@]3(CCN(C(=O)NCc4cccc(F)c4)C3)CC2=O)cc1. The molecule has 2 aliphatic rings. The van der Waals surface area contributed by atoms with Crippen LogP contribution >= 0.6 is 0 Å². The van der Waals surface area contributed by atoms with Gasteiger partial charge in [-0.3, -0.25) is 4.79 Å². The Labute approximate surface area is 164 Å². The van der Waals surface area contributed by atoms with Gasteiger partial charge in [0.05, 0.1) is 0 Å². The predicted molar refractivity (Wildman–Crippen MR) is 105 cm³/mol. The van der Waals surface area contributed by atoms with E-state index in [1.54, 1.807) is 17.0 Å². The molecule has 6 heteroatoms. The van der Waals surface area contributed by atoms with Crippen molar-refractivity contribution in [3.8, 4) is 0 Å². The zero-order valence-electron chi connectivity index (χ0n) is 16.0. The third-order valence-electron chi connectivity index (χ3n) is 5.72. The largest absolute Gasteiger partial charge is 0.334 e. The van der Waals surface area contributed by atoms with Gasteiger partial charge in [0.25, 0.3) is 0 Å². The molecule has 2 fully saturated rings. The van der Waals surface area contributed by atoms with Crippen molar-refractivity contribution in [2.45, 2.75) is 26.3 Å². The average molecular weight is 381 g/mol. The van der Waals surface area contributed by atoms with E-state index < -0.39 is 0 Å². The molecule has 1 spiro atoms. The molecule has 0 unspecified atom stereocenters. The van der Waals surface area contributed by atoms with Crippen molar-refractivity contribution in [3.63, 3.8) is 0 Å². The summed E-state index contributed by atoms with van der Waals surface area (Å²) in [5, 5.41) is 2.86. The summed E-state index contributed by atoms with van der Waals surface area (Å²) < 4.78 is 13.3. The highest BCUT2D eigenvalue weighted by atomic mass is 19.1. The number of halogens is 1. The normalized spacial score (nSPS) is 21.6. The third-order valence-corrected chi connectivity index (χ3v) is 5.72. The number of aryl methyl sites for hydroxylation is 1. The van der Waals surface area contributed by atoms with Crippen molar-refractivity contribution in [2.75, 3.05) is 24.5 Å². The van der Waals surface area contributed by atoms with E-state index in [4.69, 9.17) is 0 Å². The minimum Gasteiger partial charge on any atom is -0.334 e. The fourth-order valence-corrected chi connectivity index (χ4v) is 4.17. The van der Waals surface area contributed by atoms with E-state index in [0.29, 0.717) is 26.1 Å². The Kier molecular flexibility index (Phi) is 4.79.